The van der Waals surface area contributed by atoms with Crippen LogP contribution < -0.4 is 5.73 Å². The molecule has 0 aliphatic heterocycles. The van der Waals surface area contributed by atoms with E-state index in [1.165, 1.54) is 11.6 Å². The summed E-state index contributed by atoms with van der Waals surface area (Å²) in [6.07, 6.45) is 0.712. The lowest BCUT2D eigenvalue weighted by Gasteiger charge is -2.16. The van der Waals surface area contributed by atoms with Gasteiger partial charge < -0.3 is 5.73 Å². The number of hydrogen-bond donors (Lipinski definition) is 1. The Kier molecular flexibility index (Phi) is 4.38. The van der Waals surface area contributed by atoms with Crippen LogP contribution >= 0.6 is 15.9 Å². The fourth-order valence-corrected chi connectivity index (χ4v) is 2.62. The molecule has 0 saturated heterocycles. The van der Waals surface area contributed by atoms with Crippen LogP contribution in [0.15, 0.2) is 40.9 Å². The van der Waals surface area contributed by atoms with Crippen LogP contribution in [0.4, 0.5) is 4.39 Å². The van der Waals surface area contributed by atoms with Crippen LogP contribution in [0.3, 0.4) is 0 Å². The quantitative estimate of drug-likeness (QED) is 0.888. The molecular weight excluding hydrogens is 305 g/mol. The third-order valence-electron chi connectivity index (χ3n) is 3.39. The van der Waals surface area contributed by atoms with Crippen molar-refractivity contribution in [2.45, 2.75) is 26.3 Å². The van der Waals surface area contributed by atoms with Gasteiger partial charge in [-0.2, -0.15) is 0 Å². The van der Waals surface area contributed by atoms with Crippen LogP contribution in [-0.2, 0) is 6.42 Å². The molecule has 0 aromatic heterocycles. The minimum atomic E-state index is -0.201. The van der Waals surface area contributed by atoms with E-state index >= 15 is 0 Å². The second-order valence-electron chi connectivity index (χ2n) is 4.88. The molecule has 1 nitrogen and oxygen atoms in total. The molecule has 0 amide bonds. The van der Waals surface area contributed by atoms with Crippen molar-refractivity contribution in [1.82, 2.24) is 0 Å². The maximum absolute atomic E-state index is 13.1. The van der Waals surface area contributed by atoms with E-state index < -0.39 is 0 Å². The summed E-state index contributed by atoms with van der Waals surface area (Å²) in [6.45, 7) is 3.97. The first-order valence-electron chi connectivity index (χ1n) is 6.24. The van der Waals surface area contributed by atoms with Crippen LogP contribution in [0.25, 0.3) is 0 Å². The van der Waals surface area contributed by atoms with Gasteiger partial charge in [0.1, 0.15) is 5.82 Å². The van der Waals surface area contributed by atoms with Crippen molar-refractivity contribution in [3.63, 3.8) is 0 Å². The van der Waals surface area contributed by atoms with Gasteiger partial charge in [-0.15, -0.1) is 0 Å². The van der Waals surface area contributed by atoms with E-state index in [1.54, 1.807) is 6.07 Å². The second-order valence-corrected chi connectivity index (χ2v) is 5.80. The van der Waals surface area contributed by atoms with Gasteiger partial charge in [-0.3, -0.25) is 0 Å². The molecule has 0 aliphatic rings. The summed E-state index contributed by atoms with van der Waals surface area (Å²) >= 11 is 3.47. The van der Waals surface area contributed by atoms with Gasteiger partial charge in [0.2, 0.25) is 0 Å². The van der Waals surface area contributed by atoms with Crippen molar-refractivity contribution in [3.05, 3.63) is 68.9 Å². The normalized spacial score (nSPS) is 12.5. The zero-order chi connectivity index (χ0) is 14.0. The van der Waals surface area contributed by atoms with Crippen LogP contribution in [0.1, 0.15) is 28.3 Å². The van der Waals surface area contributed by atoms with Crippen molar-refractivity contribution in [2.24, 2.45) is 5.73 Å². The Morgan fingerprint density at radius 2 is 1.84 bits per heavy atom. The highest BCUT2D eigenvalue weighted by Crippen LogP contribution is 2.24. The molecule has 0 aliphatic carbocycles. The van der Waals surface area contributed by atoms with Crippen molar-refractivity contribution in [3.8, 4) is 0 Å². The Morgan fingerprint density at radius 3 is 2.53 bits per heavy atom. The highest BCUT2D eigenvalue weighted by Gasteiger charge is 2.12. The first-order valence-corrected chi connectivity index (χ1v) is 7.03. The number of benzene rings is 2. The van der Waals surface area contributed by atoms with Gasteiger partial charge in [0, 0.05) is 10.5 Å². The molecule has 2 N–H and O–H groups in total. The molecule has 1 unspecified atom stereocenters. The lowest BCUT2D eigenvalue weighted by Crippen LogP contribution is -2.15. The van der Waals surface area contributed by atoms with E-state index in [9.17, 15) is 4.39 Å². The molecule has 100 valence electrons. The fraction of sp³-hybridized carbons (Fsp3) is 0.250. The van der Waals surface area contributed by atoms with E-state index in [0.29, 0.717) is 6.42 Å². The lowest BCUT2D eigenvalue weighted by atomic mass is 9.94. The van der Waals surface area contributed by atoms with Gasteiger partial charge in [-0.25, -0.2) is 4.39 Å². The van der Waals surface area contributed by atoms with Crippen LogP contribution in [0, 0.1) is 19.7 Å². The van der Waals surface area contributed by atoms with E-state index in [2.05, 4.69) is 35.0 Å². The van der Waals surface area contributed by atoms with Gasteiger partial charge in [0.15, 0.2) is 0 Å². The van der Waals surface area contributed by atoms with Crippen molar-refractivity contribution < 1.29 is 4.39 Å². The van der Waals surface area contributed by atoms with Gasteiger partial charge in [-0.05, 0) is 66.8 Å². The zero-order valence-corrected chi connectivity index (χ0v) is 12.7. The van der Waals surface area contributed by atoms with Crippen LogP contribution in [-0.4, -0.2) is 0 Å². The van der Waals surface area contributed by atoms with Gasteiger partial charge in [-0.1, -0.05) is 28.1 Å². The monoisotopic (exact) mass is 321 g/mol. The highest BCUT2D eigenvalue weighted by atomic mass is 79.9. The van der Waals surface area contributed by atoms with Gasteiger partial charge >= 0.3 is 0 Å². The van der Waals surface area contributed by atoms with Crippen LogP contribution in [0.2, 0.25) is 0 Å². The number of hydrogen-bond acceptors (Lipinski definition) is 1. The summed E-state index contributed by atoms with van der Waals surface area (Å²) in [5.74, 6) is -0.201. The van der Waals surface area contributed by atoms with Gasteiger partial charge in [0.25, 0.3) is 0 Å². The standard InChI is InChI=1S/C16H17BrFN/c1-10-3-5-13(17)9-15(10)16(19)8-12-4-6-14(18)7-11(12)2/h3-7,9,16H,8,19H2,1-2H3. The summed E-state index contributed by atoms with van der Waals surface area (Å²) in [7, 11) is 0. The first-order chi connectivity index (χ1) is 8.97. The van der Waals surface area contributed by atoms with E-state index in [0.717, 1.165) is 21.2 Å². The molecule has 1 atom stereocenters. The Labute approximate surface area is 121 Å². The first kappa shape index (κ1) is 14.2. The molecule has 0 fully saturated rings. The van der Waals surface area contributed by atoms with Crippen LogP contribution in [0.5, 0.6) is 0 Å². The summed E-state index contributed by atoms with van der Waals surface area (Å²) < 4.78 is 14.1. The Bertz CT molecular complexity index is 595. The number of halogens is 2. The number of aryl methyl sites for hydroxylation is 2. The predicted molar refractivity (Wildman–Crippen MR) is 80.6 cm³/mol. The molecule has 2 aromatic carbocycles. The maximum atomic E-state index is 13.1. The van der Waals surface area contributed by atoms with Crippen molar-refractivity contribution in [2.75, 3.05) is 0 Å². The third kappa shape index (κ3) is 3.43. The Morgan fingerprint density at radius 1 is 1.11 bits per heavy atom. The van der Waals surface area contributed by atoms with Crippen molar-refractivity contribution >= 4 is 15.9 Å². The Balaban J connectivity index is 2.25. The van der Waals surface area contributed by atoms with E-state index in [1.807, 2.05) is 19.1 Å². The number of rotatable bonds is 3. The smallest absolute Gasteiger partial charge is 0.123 e. The SMILES string of the molecule is Cc1cc(F)ccc1CC(N)c1cc(Br)ccc1C. The average molecular weight is 322 g/mol. The van der Waals surface area contributed by atoms with Gasteiger partial charge in [0.05, 0.1) is 0 Å². The minimum absolute atomic E-state index is 0.0818. The topological polar surface area (TPSA) is 26.0 Å². The van der Waals surface area contributed by atoms with Crippen molar-refractivity contribution in [1.29, 1.82) is 0 Å². The lowest BCUT2D eigenvalue weighted by molar-refractivity contribution is 0.623. The molecular formula is C16H17BrFN. The molecule has 0 bridgehead atoms. The molecule has 0 spiro atoms. The summed E-state index contributed by atoms with van der Waals surface area (Å²) in [5.41, 5.74) is 10.6. The molecule has 0 radical (unpaired) electrons. The summed E-state index contributed by atoms with van der Waals surface area (Å²) in [6, 6.07) is 10.9. The predicted octanol–water partition coefficient (Wildman–Crippen LogP) is 4.45. The van der Waals surface area contributed by atoms with E-state index in [4.69, 9.17) is 5.73 Å². The number of nitrogens with two attached hydrogens (primary N) is 1. The molecule has 2 aromatic rings. The molecule has 0 heterocycles. The molecule has 19 heavy (non-hydrogen) atoms. The summed E-state index contributed by atoms with van der Waals surface area (Å²) in [5, 5.41) is 0. The molecule has 3 heteroatoms. The highest BCUT2D eigenvalue weighted by molar-refractivity contribution is 9.10. The van der Waals surface area contributed by atoms with E-state index in [-0.39, 0.29) is 11.9 Å². The summed E-state index contributed by atoms with van der Waals surface area (Å²) in [4.78, 5) is 0. The average Bonchev–Trinajstić information content (AvgIpc) is 2.35. The maximum Gasteiger partial charge on any atom is 0.123 e. The molecule has 0 saturated carbocycles. The third-order valence-corrected chi connectivity index (χ3v) is 3.88. The largest absolute Gasteiger partial charge is 0.324 e. The Hall–Kier alpha value is -1.19. The minimum Gasteiger partial charge on any atom is -0.324 e. The zero-order valence-electron chi connectivity index (χ0n) is 11.1. The second kappa shape index (κ2) is 5.85. The fourth-order valence-electron chi connectivity index (χ4n) is 2.25. The molecule has 2 rings (SSSR count).